The molecule has 3 nitrogen and oxygen atoms in total. The Morgan fingerprint density at radius 1 is 1.18 bits per heavy atom. The molecule has 1 rings (SSSR count). The molecule has 0 amide bonds. The third-order valence-electron chi connectivity index (χ3n) is 2.49. The average Bonchev–Trinajstić information content (AvgIpc) is 2.26. The Hall–Kier alpha value is -0.580. The Morgan fingerprint density at radius 3 is 2.18 bits per heavy atom. The van der Waals surface area contributed by atoms with Crippen LogP contribution in [0, 0.1) is 0 Å². The van der Waals surface area contributed by atoms with Crippen LogP contribution in [0.15, 0.2) is 29.2 Å². The first-order valence-corrected chi connectivity index (χ1v) is 7.49. The molecule has 17 heavy (non-hydrogen) atoms. The van der Waals surface area contributed by atoms with E-state index in [4.69, 9.17) is 11.6 Å². The number of rotatable bonds is 5. The summed E-state index contributed by atoms with van der Waals surface area (Å²) in [5.74, 6) is 0. The highest BCUT2D eigenvalue weighted by Crippen LogP contribution is 2.18. The summed E-state index contributed by atoms with van der Waals surface area (Å²) in [7, 11) is -3.27. The van der Waals surface area contributed by atoms with Gasteiger partial charge in [0, 0.05) is 17.6 Å². The van der Waals surface area contributed by atoms with Crippen molar-refractivity contribution in [2.75, 3.05) is 6.54 Å². The number of nitrogens with one attached hydrogen (secondary N) is 1. The highest BCUT2D eigenvalue weighted by molar-refractivity contribution is 7.92. The maximum absolute atomic E-state index is 12.2. The summed E-state index contributed by atoms with van der Waals surface area (Å²) in [6.45, 7) is 6.13. The van der Waals surface area contributed by atoms with Crippen molar-refractivity contribution in [3.63, 3.8) is 0 Å². The summed E-state index contributed by atoms with van der Waals surface area (Å²) in [6.07, 6.45) is 0. The molecule has 0 aromatic heterocycles. The van der Waals surface area contributed by atoms with E-state index in [1.165, 1.54) is 0 Å². The Labute approximate surface area is 108 Å². The van der Waals surface area contributed by atoms with Crippen molar-refractivity contribution in [3.8, 4) is 0 Å². The monoisotopic (exact) mass is 275 g/mol. The van der Waals surface area contributed by atoms with Crippen molar-refractivity contribution in [2.24, 2.45) is 0 Å². The van der Waals surface area contributed by atoms with Crippen LogP contribution < -0.4 is 5.32 Å². The fraction of sp³-hybridized carbons (Fsp3) is 0.500. The number of benzene rings is 1. The summed E-state index contributed by atoms with van der Waals surface area (Å²) in [5.41, 5.74) is 0. The molecule has 1 atom stereocenters. The number of sulfone groups is 1. The van der Waals surface area contributed by atoms with Crippen molar-refractivity contribution >= 4 is 21.4 Å². The summed E-state index contributed by atoms with van der Waals surface area (Å²) in [6, 6.07) is 6.55. The van der Waals surface area contributed by atoms with Crippen molar-refractivity contribution < 1.29 is 8.42 Å². The summed E-state index contributed by atoms with van der Waals surface area (Å²) in [4.78, 5) is 0.319. The molecular formula is C12H18ClNO2S. The average molecular weight is 276 g/mol. The zero-order chi connectivity index (χ0) is 13.1. The second-order valence-corrected chi connectivity index (χ2v) is 7.18. The van der Waals surface area contributed by atoms with Gasteiger partial charge in [0.1, 0.15) is 0 Å². The first kappa shape index (κ1) is 14.5. The summed E-state index contributed by atoms with van der Waals surface area (Å²) >= 11 is 5.74. The molecule has 0 bridgehead atoms. The van der Waals surface area contributed by atoms with Gasteiger partial charge in [0.05, 0.1) is 10.1 Å². The van der Waals surface area contributed by atoms with Crippen LogP contribution in [0.1, 0.15) is 20.8 Å². The Bertz CT molecular complexity index is 454. The predicted octanol–water partition coefficient (Wildman–Crippen LogP) is 2.50. The van der Waals surface area contributed by atoms with E-state index in [-0.39, 0.29) is 6.04 Å². The fourth-order valence-corrected chi connectivity index (χ4v) is 2.79. The second-order valence-electron chi connectivity index (χ2n) is 4.37. The molecule has 0 radical (unpaired) electrons. The minimum absolute atomic E-state index is 0.276. The SMILES string of the molecule is CC(C)NCC(C)S(=O)(=O)c1ccc(Cl)cc1. The molecule has 0 aliphatic carbocycles. The van der Waals surface area contributed by atoms with E-state index in [1.807, 2.05) is 13.8 Å². The smallest absolute Gasteiger partial charge is 0.182 e. The highest BCUT2D eigenvalue weighted by Gasteiger charge is 2.22. The largest absolute Gasteiger partial charge is 0.313 e. The molecule has 1 N–H and O–H groups in total. The Morgan fingerprint density at radius 2 is 1.71 bits per heavy atom. The van der Waals surface area contributed by atoms with E-state index in [9.17, 15) is 8.42 Å². The maximum Gasteiger partial charge on any atom is 0.182 e. The van der Waals surface area contributed by atoms with Gasteiger partial charge in [0.2, 0.25) is 0 Å². The van der Waals surface area contributed by atoms with E-state index in [2.05, 4.69) is 5.32 Å². The van der Waals surface area contributed by atoms with Gasteiger partial charge in [-0.2, -0.15) is 0 Å². The molecule has 0 aliphatic rings. The fourth-order valence-electron chi connectivity index (χ4n) is 1.37. The van der Waals surface area contributed by atoms with Crippen LogP contribution in [0.3, 0.4) is 0 Å². The van der Waals surface area contributed by atoms with Crippen LogP contribution in [0.5, 0.6) is 0 Å². The molecule has 0 saturated heterocycles. The highest BCUT2D eigenvalue weighted by atomic mass is 35.5. The molecule has 0 spiro atoms. The topological polar surface area (TPSA) is 46.2 Å². The molecular weight excluding hydrogens is 258 g/mol. The van der Waals surface area contributed by atoms with Gasteiger partial charge in [-0.05, 0) is 31.2 Å². The van der Waals surface area contributed by atoms with Gasteiger partial charge < -0.3 is 5.32 Å². The number of hydrogen-bond donors (Lipinski definition) is 1. The van der Waals surface area contributed by atoms with Crippen LogP contribution in [0.4, 0.5) is 0 Å². The molecule has 1 unspecified atom stereocenters. The van der Waals surface area contributed by atoms with Crippen LogP contribution in [0.25, 0.3) is 0 Å². The van der Waals surface area contributed by atoms with Gasteiger partial charge in [-0.25, -0.2) is 8.42 Å². The molecule has 5 heteroatoms. The van der Waals surface area contributed by atoms with Gasteiger partial charge in [0.25, 0.3) is 0 Å². The Balaban J connectivity index is 2.84. The quantitative estimate of drug-likeness (QED) is 0.898. The van der Waals surface area contributed by atoms with Gasteiger partial charge in [0.15, 0.2) is 9.84 Å². The minimum Gasteiger partial charge on any atom is -0.313 e. The predicted molar refractivity (Wildman–Crippen MR) is 71.2 cm³/mol. The third kappa shape index (κ3) is 3.98. The molecule has 0 saturated carbocycles. The third-order valence-corrected chi connectivity index (χ3v) is 4.89. The van der Waals surface area contributed by atoms with E-state index >= 15 is 0 Å². The van der Waals surface area contributed by atoms with Crippen LogP contribution in [0.2, 0.25) is 5.02 Å². The van der Waals surface area contributed by atoms with Crippen molar-refractivity contribution in [2.45, 2.75) is 37.0 Å². The van der Waals surface area contributed by atoms with Gasteiger partial charge in [-0.3, -0.25) is 0 Å². The van der Waals surface area contributed by atoms with Gasteiger partial charge in [-0.1, -0.05) is 25.4 Å². The van der Waals surface area contributed by atoms with E-state index in [0.29, 0.717) is 16.5 Å². The lowest BCUT2D eigenvalue weighted by Crippen LogP contribution is -2.34. The van der Waals surface area contributed by atoms with Crippen molar-refractivity contribution in [3.05, 3.63) is 29.3 Å². The maximum atomic E-state index is 12.2. The molecule has 1 aromatic rings. The van der Waals surface area contributed by atoms with Crippen LogP contribution >= 0.6 is 11.6 Å². The van der Waals surface area contributed by atoms with Crippen LogP contribution in [-0.2, 0) is 9.84 Å². The van der Waals surface area contributed by atoms with Gasteiger partial charge in [-0.15, -0.1) is 0 Å². The minimum atomic E-state index is -3.27. The first-order valence-electron chi connectivity index (χ1n) is 5.57. The summed E-state index contributed by atoms with van der Waals surface area (Å²) in [5, 5.41) is 3.21. The summed E-state index contributed by atoms with van der Waals surface area (Å²) < 4.78 is 24.3. The van der Waals surface area contributed by atoms with Crippen LogP contribution in [-0.4, -0.2) is 26.3 Å². The van der Waals surface area contributed by atoms with E-state index in [0.717, 1.165) is 0 Å². The first-order chi connectivity index (χ1) is 7.84. The zero-order valence-corrected chi connectivity index (χ0v) is 11.8. The van der Waals surface area contributed by atoms with Gasteiger partial charge >= 0.3 is 0 Å². The van der Waals surface area contributed by atoms with Crippen molar-refractivity contribution in [1.29, 1.82) is 0 Å². The normalized spacial score (nSPS) is 13.9. The second kappa shape index (κ2) is 5.85. The molecule has 0 heterocycles. The molecule has 0 aliphatic heterocycles. The standard InChI is InChI=1S/C12H18ClNO2S/c1-9(2)14-8-10(3)17(15,16)12-6-4-11(13)5-7-12/h4-7,9-10,14H,8H2,1-3H3. The number of hydrogen-bond acceptors (Lipinski definition) is 3. The molecule has 1 aromatic carbocycles. The van der Waals surface area contributed by atoms with E-state index < -0.39 is 15.1 Å². The lowest BCUT2D eigenvalue weighted by atomic mass is 10.3. The number of halogens is 1. The Kier molecular flexibility index (Phi) is 4.98. The van der Waals surface area contributed by atoms with E-state index in [1.54, 1.807) is 31.2 Å². The van der Waals surface area contributed by atoms with Crippen molar-refractivity contribution in [1.82, 2.24) is 5.32 Å². The lowest BCUT2D eigenvalue weighted by molar-refractivity contribution is 0.550. The zero-order valence-electron chi connectivity index (χ0n) is 10.3. The lowest BCUT2D eigenvalue weighted by Gasteiger charge is -2.15. The molecule has 96 valence electrons. The molecule has 0 fully saturated rings.